The third-order valence-corrected chi connectivity index (χ3v) is 0.711. The summed E-state index contributed by atoms with van der Waals surface area (Å²) in [4.78, 5) is 10.5. The zero-order chi connectivity index (χ0) is 19.6. The molecule has 0 aromatic carbocycles. The molecule has 0 aromatic heterocycles. The summed E-state index contributed by atoms with van der Waals surface area (Å²) >= 11 is 0. The van der Waals surface area contributed by atoms with E-state index in [4.69, 9.17) is 18.6 Å². The van der Waals surface area contributed by atoms with Gasteiger partial charge in [-0.3, -0.25) is 4.79 Å². The van der Waals surface area contributed by atoms with Crippen LogP contribution in [-0.4, -0.2) is 19.8 Å². The van der Waals surface area contributed by atoms with Crippen molar-refractivity contribution in [3.8, 4) is 0 Å². The summed E-state index contributed by atoms with van der Waals surface area (Å²) in [5.41, 5.74) is 0. The first-order valence-electron chi connectivity index (χ1n) is 4.63. The van der Waals surface area contributed by atoms with Crippen molar-refractivity contribution in [2.45, 2.75) is 13.8 Å². The van der Waals surface area contributed by atoms with E-state index >= 15 is 0 Å². The molecule has 129 valence electrons. The number of carbonyl (C=O) groups excluding carboxylic acids is 1. The molecule has 3 radical (unpaired) electrons. The molecule has 0 aliphatic heterocycles. The van der Waals surface area contributed by atoms with Crippen molar-refractivity contribution in [2.24, 2.45) is 0 Å². The van der Waals surface area contributed by atoms with E-state index in [2.05, 4.69) is 31.3 Å². The number of hydrogen-bond donors (Lipinski definition) is 0. The average Bonchev–Trinajstić information content (AvgIpc) is 2.52. The fourth-order valence-electron chi connectivity index (χ4n) is 0.365. The van der Waals surface area contributed by atoms with Gasteiger partial charge >= 0.3 is 75.5 Å². The standard InChI is InChI=1S/C7H11O2.4CO.BF4.Fe/c1-3-5-6-7(8)9-4-2;4*1-2;2-1(3,4)5;/h3,5-6H,4H2,1-2H3;;;;;;/q;;;;;-1;+2. The van der Waals surface area contributed by atoms with Crippen LogP contribution in [0.15, 0.2) is 0 Å². The van der Waals surface area contributed by atoms with Crippen LogP contribution in [0, 0.1) is 45.9 Å². The molecule has 0 atom stereocenters. The van der Waals surface area contributed by atoms with Gasteiger partial charge in [0.25, 0.3) is 0 Å². The quantitative estimate of drug-likeness (QED) is 0.245. The molecular formula is C11H11BF4FeO6+. The normalized spacial score (nSPS) is 6.52. The second kappa shape index (κ2) is 49.8. The van der Waals surface area contributed by atoms with E-state index < -0.39 is 7.25 Å². The Morgan fingerprint density at radius 3 is 1.43 bits per heavy atom. The Hall–Kier alpha value is -1.27. The van der Waals surface area contributed by atoms with Crippen molar-refractivity contribution in [2.75, 3.05) is 6.61 Å². The fourth-order valence-corrected chi connectivity index (χ4v) is 0.365. The van der Waals surface area contributed by atoms with Crippen LogP contribution in [0.2, 0.25) is 0 Å². The molecule has 0 saturated carbocycles. The molecule has 0 aromatic rings. The molecule has 0 aliphatic rings. The summed E-state index contributed by atoms with van der Waals surface area (Å²) in [6.07, 6.45) is 4.82. The van der Waals surface area contributed by atoms with Crippen LogP contribution >= 0.6 is 0 Å². The van der Waals surface area contributed by atoms with E-state index in [1.54, 1.807) is 19.8 Å². The van der Waals surface area contributed by atoms with Crippen LogP contribution in [0.3, 0.4) is 0 Å². The second-order valence-electron chi connectivity index (χ2n) is 1.94. The first kappa shape index (κ1) is 43.0. The van der Waals surface area contributed by atoms with E-state index in [9.17, 15) is 22.1 Å². The van der Waals surface area contributed by atoms with Gasteiger partial charge in [0.2, 0.25) is 0 Å². The Labute approximate surface area is 142 Å². The van der Waals surface area contributed by atoms with Crippen LogP contribution in [0.5, 0.6) is 0 Å². The van der Waals surface area contributed by atoms with Gasteiger partial charge in [-0.1, -0.05) is 6.92 Å². The van der Waals surface area contributed by atoms with E-state index in [0.717, 1.165) is 0 Å². The number of unbranched alkanes of at least 4 members (excludes halogenated alkanes) is 1. The summed E-state index contributed by atoms with van der Waals surface area (Å²) in [6, 6.07) is 0. The van der Waals surface area contributed by atoms with E-state index in [1.807, 2.05) is 6.92 Å². The minimum atomic E-state index is -6.00. The maximum atomic E-state index is 10.5. The Morgan fingerprint density at radius 2 is 1.26 bits per heavy atom. The topological polar surface area (TPSA) is 106 Å². The number of carbonyl (C=O) groups is 1. The molecule has 0 rings (SSSR count). The van der Waals surface area contributed by atoms with Crippen LogP contribution < -0.4 is 0 Å². The smallest absolute Gasteiger partial charge is 2.00 e. The number of halogens is 4. The van der Waals surface area contributed by atoms with Gasteiger partial charge in [0.1, 0.15) is 0 Å². The zero-order valence-corrected chi connectivity index (χ0v) is 12.9. The molecule has 0 heterocycles. The molecule has 0 saturated heterocycles. The largest absolute Gasteiger partial charge is 2.00 e. The number of rotatable bonds is 4. The minimum absolute atomic E-state index is 0. The third-order valence-electron chi connectivity index (χ3n) is 0.711. The van der Waals surface area contributed by atoms with Gasteiger partial charge < -0.3 is 22.0 Å². The van der Waals surface area contributed by atoms with Gasteiger partial charge in [-0.05, 0) is 19.8 Å². The monoisotopic (exact) mass is 382 g/mol. The molecule has 6 nitrogen and oxygen atoms in total. The summed E-state index contributed by atoms with van der Waals surface area (Å²) in [5.74, 6) is -0.282. The number of ether oxygens (including phenoxy) is 1. The molecule has 0 spiro atoms. The van der Waals surface area contributed by atoms with Gasteiger partial charge in [0, 0.05) is 0 Å². The maximum Gasteiger partial charge on any atom is 2.00 e. The Morgan fingerprint density at radius 1 is 1.00 bits per heavy atom. The molecule has 0 N–H and O–H groups in total. The Balaban J connectivity index is -0.0000000315. The van der Waals surface area contributed by atoms with E-state index in [-0.39, 0.29) is 23.0 Å². The van der Waals surface area contributed by atoms with Crippen molar-refractivity contribution < 1.29 is 62.5 Å². The van der Waals surface area contributed by atoms with E-state index in [0.29, 0.717) is 6.61 Å². The van der Waals surface area contributed by atoms with Crippen molar-refractivity contribution in [1.82, 2.24) is 0 Å². The number of esters is 1. The van der Waals surface area contributed by atoms with Crippen molar-refractivity contribution in [3.05, 3.63) is 45.9 Å². The van der Waals surface area contributed by atoms with Crippen LogP contribution in [0.25, 0.3) is 0 Å². The fraction of sp³-hybridized carbons (Fsp3) is 0.273. The minimum Gasteiger partial charge on any atom is 2.00 e. The molecule has 0 bridgehead atoms. The first-order valence-corrected chi connectivity index (χ1v) is 4.63. The summed E-state index contributed by atoms with van der Waals surface area (Å²) in [5, 5.41) is 0. The molecule has 0 fully saturated rings. The molecular weight excluding hydrogens is 371 g/mol. The predicted molar refractivity (Wildman–Crippen MR) is 61.1 cm³/mol. The molecule has 12 heteroatoms. The summed E-state index contributed by atoms with van der Waals surface area (Å²) in [6.45, 7) is 22.1. The Bertz CT molecular complexity index is 262. The van der Waals surface area contributed by atoms with Crippen LogP contribution in [0.4, 0.5) is 17.3 Å². The molecule has 0 amide bonds. The van der Waals surface area contributed by atoms with Crippen molar-refractivity contribution in [1.29, 1.82) is 0 Å². The summed E-state index contributed by atoms with van der Waals surface area (Å²) in [7, 11) is -6.00. The average molecular weight is 382 g/mol. The van der Waals surface area contributed by atoms with Crippen molar-refractivity contribution >= 4 is 13.2 Å². The van der Waals surface area contributed by atoms with E-state index in [1.165, 1.54) is 6.42 Å². The van der Waals surface area contributed by atoms with Gasteiger partial charge in [-0.25, -0.2) is 0 Å². The molecule has 0 unspecified atom stereocenters. The first-order chi connectivity index (χ1) is 10.3. The molecule has 23 heavy (non-hydrogen) atoms. The van der Waals surface area contributed by atoms with Gasteiger partial charge in [0.05, 0.1) is 13.0 Å². The SMILES string of the molecule is C[CH][CH][CH]C(=O)OCC.F[B-](F)(F)F.[C-]#[O+].[C-]#[O+].[C-]#[O+].[C-]#[O+].[Fe+2]. The number of hydrogen-bond acceptors (Lipinski definition) is 2. The van der Waals surface area contributed by atoms with Crippen molar-refractivity contribution in [3.63, 3.8) is 0 Å². The molecule has 0 aliphatic carbocycles. The van der Waals surface area contributed by atoms with Gasteiger partial charge in [-0.15, -0.1) is 0 Å². The second-order valence-corrected chi connectivity index (χ2v) is 1.94. The van der Waals surface area contributed by atoms with Crippen LogP contribution in [0.1, 0.15) is 13.8 Å². The Kier molecular flexibility index (Phi) is 93.2. The van der Waals surface area contributed by atoms with Gasteiger partial charge in [0.15, 0.2) is 0 Å². The summed E-state index contributed by atoms with van der Waals surface area (Å²) < 4.78 is 73.6. The van der Waals surface area contributed by atoms with Crippen LogP contribution in [-0.2, 0) is 45.2 Å². The zero-order valence-electron chi connectivity index (χ0n) is 11.8. The third kappa shape index (κ3) is 221. The van der Waals surface area contributed by atoms with Gasteiger partial charge in [-0.2, -0.15) is 0 Å². The maximum absolute atomic E-state index is 10.5. The predicted octanol–water partition coefficient (Wildman–Crippen LogP) is 2.33.